The van der Waals surface area contributed by atoms with E-state index in [0.29, 0.717) is 5.02 Å². The molecule has 0 bridgehead atoms. The molecule has 0 radical (unpaired) electrons. The highest BCUT2D eigenvalue weighted by atomic mass is 35.5. The highest BCUT2D eigenvalue weighted by Gasteiger charge is 2.12. The van der Waals surface area contributed by atoms with Crippen molar-refractivity contribution < 1.29 is 5.11 Å². The molecule has 1 atom stereocenters. The summed E-state index contributed by atoms with van der Waals surface area (Å²) in [7, 11) is 1.71. The van der Waals surface area contributed by atoms with Crippen LogP contribution in [0.15, 0.2) is 23.0 Å². The number of aryl methyl sites for hydroxylation is 1. The number of aliphatic hydroxyl groups excluding tert-OH is 1. The molecule has 1 heterocycles. The van der Waals surface area contributed by atoms with E-state index in [4.69, 9.17) is 11.6 Å². The Bertz CT molecular complexity index is 583. The van der Waals surface area contributed by atoms with Crippen LogP contribution in [0.2, 0.25) is 5.02 Å². The molecule has 2 rings (SSSR count). The first-order valence-electron chi connectivity index (χ1n) is 5.03. The molecule has 1 unspecified atom stereocenters. The number of nitrogens with zero attached hydrogens (tertiary/aromatic N) is 2. The van der Waals surface area contributed by atoms with Gasteiger partial charge in [-0.05, 0) is 25.1 Å². The minimum absolute atomic E-state index is 0.141. The highest BCUT2D eigenvalue weighted by Crippen LogP contribution is 2.18. The van der Waals surface area contributed by atoms with Gasteiger partial charge >= 0.3 is 5.69 Å². The number of imidazole rings is 1. The molecule has 0 aliphatic heterocycles. The van der Waals surface area contributed by atoms with Crippen molar-refractivity contribution in [3.05, 3.63) is 33.7 Å². The van der Waals surface area contributed by atoms with Crippen molar-refractivity contribution in [1.82, 2.24) is 9.13 Å². The van der Waals surface area contributed by atoms with Crippen LogP contribution < -0.4 is 5.69 Å². The standard InChI is InChI=1S/C11H13ClN2O2/c1-7(15)6-14-10-5-8(12)3-4-9(10)13(2)11(14)16/h3-5,7,15H,6H2,1-2H3. The van der Waals surface area contributed by atoms with Gasteiger partial charge in [-0.1, -0.05) is 11.6 Å². The molecule has 0 saturated carbocycles. The number of benzene rings is 1. The molecule has 1 N–H and O–H groups in total. The predicted molar refractivity (Wildman–Crippen MR) is 63.9 cm³/mol. The van der Waals surface area contributed by atoms with E-state index in [0.717, 1.165) is 11.0 Å². The molecule has 0 spiro atoms. The molecule has 16 heavy (non-hydrogen) atoms. The largest absolute Gasteiger partial charge is 0.392 e. The van der Waals surface area contributed by atoms with Crippen LogP contribution in [0.25, 0.3) is 11.0 Å². The molecular formula is C11H13ClN2O2. The molecule has 0 aliphatic carbocycles. The van der Waals surface area contributed by atoms with Gasteiger partial charge in [0.1, 0.15) is 0 Å². The van der Waals surface area contributed by atoms with Crippen molar-refractivity contribution in [2.24, 2.45) is 7.05 Å². The second-order valence-corrected chi connectivity index (χ2v) is 4.37. The first kappa shape index (κ1) is 11.2. The Labute approximate surface area is 97.7 Å². The fourth-order valence-corrected chi connectivity index (χ4v) is 1.99. The average Bonchev–Trinajstić information content (AvgIpc) is 2.43. The van der Waals surface area contributed by atoms with Crippen LogP contribution in [0.5, 0.6) is 0 Å². The van der Waals surface area contributed by atoms with Crippen molar-refractivity contribution in [2.45, 2.75) is 19.6 Å². The van der Waals surface area contributed by atoms with Crippen LogP contribution in [0.1, 0.15) is 6.92 Å². The zero-order valence-corrected chi connectivity index (χ0v) is 9.90. The van der Waals surface area contributed by atoms with E-state index in [2.05, 4.69) is 0 Å². The van der Waals surface area contributed by atoms with Gasteiger partial charge in [0, 0.05) is 12.1 Å². The van der Waals surface area contributed by atoms with Gasteiger partial charge in [0.25, 0.3) is 0 Å². The molecule has 5 heteroatoms. The molecule has 1 aromatic carbocycles. The Morgan fingerprint density at radius 2 is 2.12 bits per heavy atom. The lowest BCUT2D eigenvalue weighted by Gasteiger charge is -2.05. The lowest BCUT2D eigenvalue weighted by Crippen LogP contribution is -2.26. The van der Waals surface area contributed by atoms with Crippen LogP contribution in [0.3, 0.4) is 0 Å². The Kier molecular flexibility index (Phi) is 2.78. The van der Waals surface area contributed by atoms with Gasteiger partial charge in [-0.25, -0.2) is 4.79 Å². The number of aliphatic hydroxyl groups is 1. The molecular weight excluding hydrogens is 228 g/mol. The Morgan fingerprint density at radius 1 is 1.44 bits per heavy atom. The van der Waals surface area contributed by atoms with Crippen LogP contribution in [-0.2, 0) is 13.6 Å². The van der Waals surface area contributed by atoms with E-state index < -0.39 is 6.10 Å². The molecule has 2 aromatic rings. The summed E-state index contributed by atoms with van der Waals surface area (Å²) in [5, 5.41) is 9.95. The predicted octanol–water partition coefficient (Wildman–Crippen LogP) is 1.37. The van der Waals surface area contributed by atoms with Crippen molar-refractivity contribution in [3.8, 4) is 0 Å². The lowest BCUT2D eigenvalue weighted by atomic mass is 10.3. The fourth-order valence-electron chi connectivity index (χ4n) is 1.82. The summed E-state index contributed by atoms with van der Waals surface area (Å²) in [5.74, 6) is 0. The summed E-state index contributed by atoms with van der Waals surface area (Å²) in [6.45, 7) is 1.92. The minimum Gasteiger partial charge on any atom is -0.392 e. The number of fused-ring (bicyclic) bond motifs is 1. The second-order valence-electron chi connectivity index (χ2n) is 3.93. The fraction of sp³-hybridized carbons (Fsp3) is 0.364. The Hall–Kier alpha value is -1.26. The van der Waals surface area contributed by atoms with E-state index in [1.165, 1.54) is 4.57 Å². The zero-order valence-electron chi connectivity index (χ0n) is 9.14. The molecule has 0 saturated heterocycles. The number of hydrogen-bond donors (Lipinski definition) is 1. The topological polar surface area (TPSA) is 47.2 Å². The maximum atomic E-state index is 11.9. The van der Waals surface area contributed by atoms with Crippen LogP contribution in [-0.4, -0.2) is 20.3 Å². The third-order valence-corrected chi connectivity index (χ3v) is 2.79. The smallest absolute Gasteiger partial charge is 0.328 e. The van der Waals surface area contributed by atoms with E-state index in [-0.39, 0.29) is 12.2 Å². The van der Waals surface area contributed by atoms with Crippen molar-refractivity contribution in [3.63, 3.8) is 0 Å². The van der Waals surface area contributed by atoms with Gasteiger partial charge in [-0.15, -0.1) is 0 Å². The van der Waals surface area contributed by atoms with Gasteiger partial charge in [0.15, 0.2) is 0 Å². The average molecular weight is 241 g/mol. The third-order valence-electron chi connectivity index (χ3n) is 2.55. The summed E-state index contributed by atoms with van der Waals surface area (Å²) in [4.78, 5) is 11.9. The van der Waals surface area contributed by atoms with Crippen molar-refractivity contribution in [1.29, 1.82) is 0 Å². The quantitative estimate of drug-likeness (QED) is 0.862. The van der Waals surface area contributed by atoms with Gasteiger partial charge in [0.2, 0.25) is 0 Å². The van der Waals surface area contributed by atoms with Crippen molar-refractivity contribution >= 4 is 22.6 Å². The summed E-state index contributed by atoms with van der Waals surface area (Å²) in [6.07, 6.45) is -0.567. The van der Waals surface area contributed by atoms with E-state index in [1.54, 1.807) is 36.7 Å². The van der Waals surface area contributed by atoms with E-state index in [1.807, 2.05) is 0 Å². The normalized spacial score (nSPS) is 13.2. The highest BCUT2D eigenvalue weighted by molar-refractivity contribution is 6.31. The van der Waals surface area contributed by atoms with Crippen LogP contribution in [0, 0.1) is 0 Å². The van der Waals surface area contributed by atoms with Gasteiger partial charge < -0.3 is 5.11 Å². The Morgan fingerprint density at radius 3 is 2.75 bits per heavy atom. The maximum Gasteiger partial charge on any atom is 0.328 e. The van der Waals surface area contributed by atoms with E-state index in [9.17, 15) is 9.90 Å². The summed E-state index contributed by atoms with van der Waals surface area (Å²) in [6, 6.07) is 5.29. The second kappa shape index (κ2) is 3.96. The number of hydrogen-bond acceptors (Lipinski definition) is 2. The lowest BCUT2D eigenvalue weighted by molar-refractivity contribution is 0.173. The van der Waals surface area contributed by atoms with E-state index >= 15 is 0 Å². The van der Waals surface area contributed by atoms with Gasteiger partial charge in [-0.3, -0.25) is 9.13 Å². The minimum atomic E-state index is -0.567. The summed E-state index contributed by atoms with van der Waals surface area (Å²) < 4.78 is 3.08. The number of aromatic nitrogens is 2. The number of halogens is 1. The summed E-state index contributed by atoms with van der Waals surface area (Å²) >= 11 is 5.90. The molecule has 0 fully saturated rings. The van der Waals surface area contributed by atoms with Crippen LogP contribution >= 0.6 is 11.6 Å². The van der Waals surface area contributed by atoms with Crippen LogP contribution in [0.4, 0.5) is 0 Å². The molecule has 1 aromatic heterocycles. The third kappa shape index (κ3) is 1.74. The molecule has 4 nitrogen and oxygen atoms in total. The first-order valence-corrected chi connectivity index (χ1v) is 5.41. The summed E-state index contributed by atoms with van der Waals surface area (Å²) in [5.41, 5.74) is 1.43. The van der Waals surface area contributed by atoms with Gasteiger partial charge in [0.05, 0.1) is 23.7 Å². The SMILES string of the molecule is CC(O)Cn1c(=O)n(C)c2ccc(Cl)cc21. The molecule has 0 amide bonds. The maximum absolute atomic E-state index is 11.9. The van der Waals surface area contributed by atoms with Crippen molar-refractivity contribution in [2.75, 3.05) is 0 Å². The Balaban J connectivity index is 2.75. The first-order chi connectivity index (χ1) is 7.50. The van der Waals surface area contributed by atoms with Gasteiger partial charge in [-0.2, -0.15) is 0 Å². The number of rotatable bonds is 2. The molecule has 0 aliphatic rings. The zero-order chi connectivity index (χ0) is 11.9. The monoisotopic (exact) mass is 240 g/mol. The molecule has 86 valence electrons.